The number of aryl methyl sites for hydroxylation is 2. The van der Waals surface area contributed by atoms with Crippen LogP contribution in [0.4, 0.5) is 5.69 Å². The van der Waals surface area contributed by atoms with E-state index in [-0.39, 0.29) is 5.91 Å². The fraction of sp³-hybridized carbons (Fsp3) is 0.182. The van der Waals surface area contributed by atoms with E-state index in [2.05, 4.69) is 22.2 Å². The highest BCUT2D eigenvalue weighted by molar-refractivity contribution is 7.99. The third-order valence-electron chi connectivity index (χ3n) is 4.56. The van der Waals surface area contributed by atoms with Crippen LogP contribution in [-0.2, 0) is 4.79 Å². The molecule has 1 aromatic carbocycles. The first-order chi connectivity index (χ1) is 14.1. The summed E-state index contributed by atoms with van der Waals surface area (Å²) in [7, 11) is 0. The molecule has 7 heteroatoms. The Labute approximate surface area is 172 Å². The number of furan rings is 2. The van der Waals surface area contributed by atoms with Gasteiger partial charge in [-0.1, -0.05) is 17.8 Å². The summed E-state index contributed by atoms with van der Waals surface area (Å²) in [5.74, 6) is 1.92. The Balaban J connectivity index is 1.40. The van der Waals surface area contributed by atoms with E-state index in [9.17, 15) is 4.79 Å². The quantitative estimate of drug-likeness (QED) is 0.386. The Morgan fingerprint density at radius 2 is 1.83 bits per heavy atom. The van der Waals surface area contributed by atoms with Gasteiger partial charge in [-0.3, -0.25) is 4.79 Å². The van der Waals surface area contributed by atoms with Gasteiger partial charge in [0, 0.05) is 17.9 Å². The van der Waals surface area contributed by atoms with Gasteiger partial charge in [0.05, 0.1) is 12.5 Å². The molecule has 0 bridgehead atoms. The molecule has 1 amide bonds. The summed E-state index contributed by atoms with van der Waals surface area (Å²) in [6.07, 6.45) is 3.61. The number of carbonyl (C=O) groups is 1. The molecule has 148 valence electrons. The van der Waals surface area contributed by atoms with Crippen LogP contribution in [0.25, 0.3) is 22.9 Å². The lowest BCUT2D eigenvalue weighted by Crippen LogP contribution is -2.12. The normalized spacial score (nSPS) is 11.0. The highest BCUT2D eigenvalue weighted by atomic mass is 32.2. The predicted octanol–water partition coefficient (Wildman–Crippen LogP) is 5.67. The number of thioether (sulfide) groups is 1. The summed E-state index contributed by atoms with van der Waals surface area (Å²) in [5, 5.41) is 3.65. The fourth-order valence-corrected chi connectivity index (χ4v) is 3.70. The van der Waals surface area contributed by atoms with Crippen molar-refractivity contribution in [2.45, 2.75) is 25.4 Å². The van der Waals surface area contributed by atoms with E-state index in [1.165, 1.54) is 17.3 Å². The molecule has 0 saturated carbocycles. The van der Waals surface area contributed by atoms with E-state index in [0.717, 1.165) is 16.9 Å². The van der Waals surface area contributed by atoms with Gasteiger partial charge in [0.1, 0.15) is 11.4 Å². The minimum atomic E-state index is -0.0233. The zero-order valence-electron chi connectivity index (χ0n) is 16.2. The van der Waals surface area contributed by atoms with Crippen LogP contribution in [0.5, 0.6) is 0 Å². The van der Waals surface area contributed by atoms with E-state index in [4.69, 9.17) is 8.83 Å². The summed E-state index contributed by atoms with van der Waals surface area (Å²) in [6.45, 7) is 4.08. The average Bonchev–Trinajstić information content (AvgIpc) is 3.45. The van der Waals surface area contributed by atoms with Crippen LogP contribution >= 0.6 is 11.8 Å². The van der Waals surface area contributed by atoms with Crippen molar-refractivity contribution in [2.24, 2.45) is 0 Å². The van der Waals surface area contributed by atoms with E-state index in [1.807, 2.05) is 49.4 Å². The molecule has 0 saturated heterocycles. The Hall–Kier alpha value is -3.19. The molecule has 0 aliphatic heterocycles. The maximum absolute atomic E-state index is 12.3. The number of anilines is 1. The molecule has 29 heavy (non-hydrogen) atoms. The van der Waals surface area contributed by atoms with Gasteiger partial charge in [0.2, 0.25) is 5.91 Å². The van der Waals surface area contributed by atoms with E-state index in [0.29, 0.717) is 34.5 Å². The number of nitrogens with zero attached hydrogens (tertiary/aromatic N) is 1. The number of amides is 1. The van der Waals surface area contributed by atoms with Crippen molar-refractivity contribution < 1.29 is 13.6 Å². The lowest BCUT2D eigenvalue weighted by Gasteiger charge is -2.07. The first-order valence-electron chi connectivity index (χ1n) is 9.28. The van der Waals surface area contributed by atoms with Crippen molar-refractivity contribution in [2.75, 3.05) is 11.1 Å². The number of aromatic amines is 1. The maximum Gasteiger partial charge on any atom is 0.225 e. The molecule has 4 rings (SSSR count). The SMILES string of the molecule is Cc1ccc(NC(=O)CCSc2nc(-c3ccco3)c(-c3ccco3)[nH]2)cc1C. The summed E-state index contributed by atoms with van der Waals surface area (Å²) in [5.41, 5.74) is 4.63. The molecule has 0 unspecified atom stereocenters. The van der Waals surface area contributed by atoms with Gasteiger partial charge in [-0.05, 0) is 61.4 Å². The maximum atomic E-state index is 12.3. The van der Waals surface area contributed by atoms with Crippen LogP contribution in [0.2, 0.25) is 0 Å². The third kappa shape index (κ3) is 4.46. The van der Waals surface area contributed by atoms with Gasteiger partial charge >= 0.3 is 0 Å². The Morgan fingerprint density at radius 3 is 2.52 bits per heavy atom. The number of benzene rings is 1. The number of aromatic nitrogens is 2. The number of hydrogen-bond acceptors (Lipinski definition) is 5. The second kappa shape index (κ2) is 8.45. The highest BCUT2D eigenvalue weighted by Gasteiger charge is 2.18. The highest BCUT2D eigenvalue weighted by Crippen LogP contribution is 2.33. The second-order valence-corrected chi connectivity index (χ2v) is 7.75. The molecule has 0 spiro atoms. The molecule has 3 aromatic heterocycles. The Bertz CT molecular complexity index is 1050. The van der Waals surface area contributed by atoms with Gasteiger partial charge in [-0.15, -0.1) is 0 Å². The molecule has 0 atom stereocenters. The third-order valence-corrected chi connectivity index (χ3v) is 5.44. The number of imidazole rings is 1. The number of nitrogens with one attached hydrogen (secondary N) is 2. The van der Waals surface area contributed by atoms with Crippen LogP contribution < -0.4 is 5.32 Å². The summed E-state index contributed by atoms with van der Waals surface area (Å²) in [6, 6.07) is 13.3. The topological polar surface area (TPSA) is 84.1 Å². The molecule has 6 nitrogen and oxygen atoms in total. The molecule has 0 fully saturated rings. The fourth-order valence-electron chi connectivity index (χ4n) is 2.89. The van der Waals surface area contributed by atoms with E-state index >= 15 is 0 Å². The van der Waals surface area contributed by atoms with Gasteiger partial charge in [0.25, 0.3) is 0 Å². The van der Waals surface area contributed by atoms with E-state index in [1.54, 1.807) is 12.5 Å². The molecule has 0 aliphatic rings. The lowest BCUT2D eigenvalue weighted by molar-refractivity contribution is -0.115. The van der Waals surface area contributed by atoms with Crippen molar-refractivity contribution in [3.63, 3.8) is 0 Å². The van der Waals surface area contributed by atoms with Crippen LogP contribution in [0, 0.1) is 13.8 Å². The smallest absolute Gasteiger partial charge is 0.225 e. The Morgan fingerprint density at radius 1 is 1.07 bits per heavy atom. The number of rotatable bonds is 7. The monoisotopic (exact) mass is 407 g/mol. The number of carbonyl (C=O) groups excluding carboxylic acids is 1. The molecule has 4 aromatic rings. The number of H-pyrrole nitrogens is 1. The second-order valence-electron chi connectivity index (χ2n) is 6.67. The Kier molecular flexibility index (Phi) is 5.57. The minimum Gasteiger partial charge on any atom is -0.463 e. The molecular formula is C22H21N3O3S. The number of hydrogen-bond donors (Lipinski definition) is 2. The largest absolute Gasteiger partial charge is 0.463 e. The minimum absolute atomic E-state index is 0.0233. The molecule has 3 heterocycles. The van der Waals surface area contributed by atoms with Crippen LogP contribution in [0.15, 0.2) is 69.0 Å². The zero-order chi connectivity index (χ0) is 20.2. The van der Waals surface area contributed by atoms with Gasteiger partial charge < -0.3 is 19.1 Å². The average molecular weight is 407 g/mol. The lowest BCUT2D eigenvalue weighted by atomic mass is 10.1. The van der Waals surface area contributed by atoms with Gasteiger partial charge in [-0.2, -0.15) is 0 Å². The van der Waals surface area contributed by atoms with E-state index < -0.39 is 0 Å². The van der Waals surface area contributed by atoms with Crippen LogP contribution in [0.3, 0.4) is 0 Å². The van der Waals surface area contributed by atoms with Gasteiger partial charge in [-0.25, -0.2) is 4.98 Å². The van der Waals surface area contributed by atoms with Crippen molar-refractivity contribution in [3.05, 3.63) is 66.1 Å². The molecule has 0 aliphatic carbocycles. The van der Waals surface area contributed by atoms with Crippen molar-refractivity contribution in [1.29, 1.82) is 0 Å². The summed E-state index contributed by atoms with van der Waals surface area (Å²) >= 11 is 1.48. The molecule has 2 N–H and O–H groups in total. The standard InChI is InChI=1S/C22H21N3O3S/c1-14-7-8-16(13-15(14)2)23-19(26)9-12-29-22-24-20(17-5-3-10-27-17)21(25-22)18-6-4-11-28-18/h3-8,10-11,13H,9,12H2,1-2H3,(H,23,26)(H,24,25). The van der Waals surface area contributed by atoms with Gasteiger partial charge in [0.15, 0.2) is 16.7 Å². The van der Waals surface area contributed by atoms with Crippen molar-refractivity contribution in [3.8, 4) is 22.9 Å². The summed E-state index contributed by atoms with van der Waals surface area (Å²) in [4.78, 5) is 20.2. The van der Waals surface area contributed by atoms with Crippen molar-refractivity contribution >= 4 is 23.4 Å². The zero-order valence-corrected chi connectivity index (χ0v) is 17.0. The first-order valence-corrected chi connectivity index (χ1v) is 10.3. The summed E-state index contributed by atoms with van der Waals surface area (Å²) < 4.78 is 11.0. The molecule has 0 radical (unpaired) electrons. The first kappa shape index (κ1) is 19.1. The van der Waals surface area contributed by atoms with Crippen LogP contribution in [-0.4, -0.2) is 21.6 Å². The van der Waals surface area contributed by atoms with Crippen LogP contribution in [0.1, 0.15) is 17.5 Å². The van der Waals surface area contributed by atoms with Crippen molar-refractivity contribution in [1.82, 2.24) is 9.97 Å². The molecular weight excluding hydrogens is 386 g/mol. The predicted molar refractivity (Wildman–Crippen MR) is 114 cm³/mol.